The van der Waals surface area contributed by atoms with Crippen molar-refractivity contribution in [3.05, 3.63) is 29.8 Å². The average Bonchev–Trinajstić information content (AvgIpc) is 2.76. The zero-order valence-electron chi connectivity index (χ0n) is 9.27. The summed E-state index contributed by atoms with van der Waals surface area (Å²) in [4.78, 5) is 12.5. The first-order chi connectivity index (χ1) is 7.75. The summed E-state index contributed by atoms with van der Waals surface area (Å²) < 4.78 is 4.64. The van der Waals surface area contributed by atoms with Gasteiger partial charge in [0.25, 0.3) is 0 Å². The minimum atomic E-state index is 0.685. The van der Waals surface area contributed by atoms with Crippen LogP contribution in [0.3, 0.4) is 0 Å². The van der Waals surface area contributed by atoms with Gasteiger partial charge in [-0.15, -0.1) is 0 Å². The van der Waals surface area contributed by atoms with Crippen molar-refractivity contribution in [3.63, 3.8) is 0 Å². The summed E-state index contributed by atoms with van der Waals surface area (Å²) in [6.07, 6.45) is 3.74. The Morgan fingerprint density at radius 1 is 1.25 bits per heavy atom. The van der Waals surface area contributed by atoms with Gasteiger partial charge in [0.05, 0.1) is 17.6 Å². The monoisotopic (exact) mass is 219 g/mol. The second kappa shape index (κ2) is 4.69. The molecule has 6 heteroatoms. The van der Waals surface area contributed by atoms with Crippen LogP contribution >= 0.6 is 0 Å². The van der Waals surface area contributed by atoms with Crippen LogP contribution in [-0.4, -0.2) is 26.7 Å². The maximum absolute atomic E-state index is 4.64. The lowest BCUT2D eigenvalue weighted by Gasteiger charge is -2.05. The lowest BCUT2D eigenvalue weighted by atomic mass is 10.3. The highest BCUT2D eigenvalue weighted by atomic mass is 16.5. The average molecular weight is 219 g/mol. The smallest absolute Gasteiger partial charge is 0.213 e. The van der Waals surface area contributed by atoms with E-state index in [1.54, 1.807) is 6.20 Å². The predicted molar refractivity (Wildman–Crippen MR) is 58.0 cm³/mol. The van der Waals surface area contributed by atoms with Crippen LogP contribution < -0.4 is 5.32 Å². The largest absolute Gasteiger partial charge is 0.368 e. The Bertz CT molecular complexity index is 454. The van der Waals surface area contributed by atoms with Gasteiger partial charge >= 0.3 is 0 Å². The van der Waals surface area contributed by atoms with E-state index in [1.807, 2.05) is 13.8 Å². The Kier molecular flexibility index (Phi) is 3.09. The summed E-state index contributed by atoms with van der Waals surface area (Å²) in [6.45, 7) is 4.58. The van der Waals surface area contributed by atoms with E-state index in [0.717, 1.165) is 17.2 Å². The molecule has 0 aliphatic rings. The van der Waals surface area contributed by atoms with E-state index >= 15 is 0 Å². The van der Waals surface area contributed by atoms with E-state index < -0.39 is 0 Å². The van der Waals surface area contributed by atoms with Crippen molar-refractivity contribution in [1.82, 2.24) is 20.1 Å². The molecule has 6 nitrogen and oxygen atoms in total. The molecular weight excluding hydrogens is 206 g/mol. The van der Waals surface area contributed by atoms with Gasteiger partial charge in [-0.2, -0.15) is 4.98 Å². The maximum atomic E-state index is 4.64. The minimum Gasteiger partial charge on any atom is -0.368 e. The Morgan fingerprint density at radius 3 is 2.81 bits per heavy atom. The highest BCUT2D eigenvalue weighted by molar-refractivity contribution is 5.33. The summed E-state index contributed by atoms with van der Waals surface area (Å²) in [6, 6.07) is 0. The fraction of sp³-hybridized carbons (Fsp3) is 0.400. The number of hydrogen-bond donors (Lipinski definition) is 1. The van der Waals surface area contributed by atoms with Crippen molar-refractivity contribution in [2.24, 2.45) is 0 Å². The van der Waals surface area contributed by atoms with Crippen molar-refractivity contribution in [2.75, 3.05) is 11.9 Å². The molecule has 0 aliphatic heterocycles. The van der Waals surface area contributed by atoms with E-state index in [-0.39, 0.29) is 0 Å². The molecule has 0 unspecified atom stereocenters. The van der Waals surface area contributed by atoms with Crippen molar-refractivity contribution in [1.29, 1.82) is 0 Å². The zero-order chi connectivity index (χ0) is 11.4. The molecule has 2 heterocycles. The number of rotatable bonds is 4. The lowest BCUT2D eigenvalue weighted by Crippen LogP contribution is -2.08. The number of nitrogens with one attached hydrogen (secondary N) is 1. The first-order valence-corrected chi connectivity index (χ1v) is 5.05. The molecule has 0 amide bonds. The second-order valence-electron chi connectivity index (χ2n) is 3.45. The summed E-state index contributed by atoms with van der Waals surface area (Å²) >= 11 is 0. The Labute approximate surface area is 93.1 Å². The number of hydrogen-bond acceptors (Lipinski definition) is 6. The zero-order valence-corrected chi connectivity index (χ0v) is 9.27. The highest BCUT2D eigenvalue weighted by Crippen LogP contribution is 2.05. The quantitative estimate of drug-likeness (QED) is 0.830. The Balaban J connectivity index is 1.87. The molecule has 0 aliphatic carbocycles. The molecule has 16 heavy (non-hydrogen) atoms. The molecule has 0 fully saturated rings. The lowest BCUT2D eigenvalue weighted by molar-refractivity contribution is 0.410. The van der Waals surface area contributed by atoms with E-state index in [2.05, 4.69) is 29.9 Å². The van der Waals surface area contributed by atoms with E-state index in [9.17, 15) is 0 Å². The van der Waals surface area contributed by atoms with Crippen LogP contribution in [0.2, 0.25) is 0 Å². The van der Waals surface area contributed by atoms with E-state index in [4.69, 9.17) is 0 Å². The molecule has 0 aromatic carbocycles. The first kappa shape index (κ1) is 10.5. The third-order valence-electron chi connectivity index (χ3n) is 2.25. The van der Waals surface area contributed by atoms with Crippen LogP contribution in [-0.2, 0) is 6.42 Å². The van der Waals surface area contributed by atoms with Gasteiger partial charge in [-0.1, -0.05) is 5.16 Å². The second-order valence-corrected chi connectivity index (χ2v) is 3.45. The first-order valence-electron chi connectivity index (χ1n) is 5.05. The predicted octanol–water partition coefficient (Wildman–Crippen LogP) is 1.13. The van der Waals surface area contributed by atoms with Gasteiger partial charge in [0.2, 0.25) is 6.39 Å². The molecule has 0 saturated heterocycles. The Morgan fingerprint density at radius 2 is 2.12 bits per heavy atom. The van der Waals surface area contributed by atoms with E-state index in [0.29, 0.717) is 18.8 Å². The fourth-order valence-corrected chi connectivity index (χ4v) is 1.23. The number of nitrogens with zero attached hydrogens (tertiary/aromatic N) is 4. The van der Waals surface area contributed by atoms with Gasteiger partial charge in [0.1, 0.15) is 5.82 Å². The molecule has 0 radical (unpaired) electrons. The van der Waals surface area contributed by atoms with Crippen molar-refractivity contribution in [2.45, 2.75) is 20.3 Å². The molecule has 0 atom stereocenters. The topological polar surface area (TPSA) is 76.7 Å². The van der Waals surface area contributed by atoms with Gasteiger partial charge in [-0.3, -0.25) is 4.98 Å². The molecule has 2 aromatic rings. The molecule has 2 rings (SSSR count). The normalized spacial score (nSPS) is 10.4. The molecule has 1 N–H and O–H groups in total. The van der Waals surface area contributed by atoms with Gasteiger partial charge in [-0.05, 0) is 13.8 Å². The van der Waals surface area contributed by atoms with Crippen LogP contribution in [0.1, 0.15) is 17.2 Å². The summed E-state index contributed by atoms with van der Waals surface area (Å²) in [5.74, 6) is 1.45. The van der Waals surface area contributed by atoms with Crippen molar-refractivity contribution >= 4 is 5.82 Å². The van der Waals surface area contributed by atoms with Crippen molar-refractivity contribution < 1.29 is 4.52 Å². The van der Waals surface area contributed by atoms with E-state index in [1.165, 1.54) is 6.39 Å². The molecule has 0 bridgehead atoms. The van der Waals surface area contributed by atoms with Crippen LogP contribution in [0.5, 0.6) is 0 Å². The summed E-state index contributed by atoms with van der Waals surface area (Å²) in [5.41, 5.74) is 1.88. The molecule has 84 valence electrons. The fourth-order valence-electron chi connectivity index (χ4n) is 1.23. The van der Waals surface area contributed by atoms with Gasteiger partial charge < -0.3 is 9.84 Å². The molecule has 0 saturated carbocycles. The van der Waals surface area contributed by atoms with Gasteiger partial charge in [0.15, 0.2) is 5.82 Å². The number of aromatic nitrogens is 4. The van der Waals surface area contributed by atoms with Crippen LogP contribution in [0.25, 0.3) is 0 Å². The molecule has 2 aromatic heterocycles. The van der Waals surface area contributed by atoms with Gasteiger partial charge in [-0.25, -0.2) is 4.98 Å². The Hall–Kier alpha value is -1.98. The van der Waals surface area contributed by atoms with Crippen LogP contribution in [0, 0.1) is 13.8 Å². The molecular formula is C10H13N5O. The summed E-state index contributed by atoms with van der Waals surface area (Å²) in [5, 5.41) is 6.87. The number of aryl methyl sites for hydroxylation is 2. The standard InChI is InChI=1S/C10H13N5O/c1-7-8(2)14-10(5-12-7)11-4-3-9-13-6-16-15-9/h5-6H,3-4H2,1-2H3,(H,11,14). The molecule has 0 spiro atoms. The SMILES string of the molecule is Cc1ncc(NCCc2ncon2)nc1C. The van der Waals surface area contributed by atoms with Crippen molar-refractivity contribution in [3.8, 4) is 0 Å². The van der Waals surface area contributed by atoms with Gasteiger partial charge in [0, 0.05) is 13.0 Å². The number of anilines is 1. The maximum Gasteiger partial charge on any atom is 0.213 e. The third kappa shape index (κ3) is 2.53. The third-order valence-corrected chi connectivity index (χ3v) is 2.25. The summed E-state index contributed by atoms with van der Waals surface area (Å²) in [7, 11) is 0. The minimum absolute atomic E-state index is 0.685. The van der Waals surface area contributed by atoms with Crippen LogP contribution in [0.4, 0.5) is 5.82 Å². The highest BCUT2D eigenvalue weighted by Gasteiger charge is 2.00. The van der Waals surface area contributed by atoms with Crippen LogP contribution in [0.15, 0.2) is 17.1 Å².